The van der Waals surface area contributed by atoms with E-state index >= 15 is 0 Å². The summed E-state index contributed by atoms with van der Waals surface area (Å²) in [6.45, 7) is 1.66. The molecule has 6 nitrogen and oxygen atoms in total. The monoisotopic (exact) mass is 452 g/mol. The largest absolute Gasteiger partial charge is 0.497 e. The molecule has 3 rings (SSSR count). The summed E-state index contributed by atoms with van der Waals surface area (Å²) in [6, 6.07) is 17.7. The second kappa shape index (κ2) is 11.1. The van der Waals surface area contributed by atoms with Crippen LogP contribution in [0.5, 0.6) is 17.2 Å². The number of benzene rings is 3. The highest BCUT2D eigenvalue weighted by atomic mass is 19.1. The standard InChI is InChI=1S/C25H22F2N2O4/c1-3-32-24(23-20(26)12-19(31-2)13-21(23)27)25(30)29-15-17-10-9-16(14-28)11-22(17)33-18-7-5-4-6-8-18/h4-13,24H,3,15H2,1-2H3,(H,29,30). The number of nitrogens with zero attached hydrogens (tertiary/aromatic N) is 1. The van der Waals surface area contributed by atoms with Gasteiger partial charge < -0.3 is 19.5 Å². The summed E-state index contributed by atoms with van der Waals surface area (Å²) in [6.07, 6.45) is -1.50. The Labute approximate surface area is 190 Å². The van der Waals surface area contributed by atoms with Gasteiger partial charge in [0, 0.05) is 30.8 Å². The van der Waals surface area contributed by atoms with Gasteiger partial charge in [0.1, 0.15) is 28.9 Å². The van der Waals surface area contributed by atoms with Gasteiger partial charge in [0.25, 0.3) is 5.91 Å². The predicted octanol–water partition coefficient (Wildman–Crippen LogP) is 5.03. The summed E-state index contributed by atoms with van der Waals surface area (Å²) in [5.41, 5.74) is 0.443. The molecule has 8 heteroatoms. The fourth-order valence-corrected chi connectivity index (χ4v) is 3.14. The van der Waals surface area contributed by atoms with E-state index in [4.69, 9.17) is 14.2 Å². The maximum Gasteiger partial charge on any atom is 0.254 e. The Kier molecular flexibility index (Phi) is 7.95. The van der Waals surface area contributed by atoms with Crippen LogP contribution in [0.4, 0.5) is 8.78 Å². The first kappa shape index (κ1) is 23.7. The molecule has 0 saturated carbocycles. The number of carbonyl (C=O) groups is 1. The second-order valence-corrected chi connectivity index (χ2v) is 6.91. The van der Waals surface area contributed by atoms with Crippen molar-refractivity contribution in [3.63, 3.8) is 0 Å². The van der Waals surface area contributed by atoms with Crippen molar-refractivity contribution in [2.45, 2.75) is 19.6 Å². The molecule has 33 heavy (non-hydrogen) atoms. The molecule has 3 aromatic carbocycles. The van der Waals surface area contributed by atoms with E-state index in [-0.39, 0.29) is 18.9 Å². The van der Waals surface area contributed by atoms with Crippen molar-refractivity contribution >= 4 is 5.91 Å². The number of para-hydroxylation sites is 1. The number of nitrogens with one attached hydrogen (secondary N) is 1. The third-order valence-corrected chi connectivity index (χ3v) is 4.74. The van der Waals surface area contributed by atoms with Gasteiger partial charge in [0.2, 0.25) is 0 Å². The first-order valence-electron chi connectivity index (χ1n) is 10.1. The van der Waals surface area contributed by atoms with Crippen molar-refractivity contribution in [2.24, 2.45) is 0 Å². The van der Waals surface area contributed by atoms with E-state index in [1.807, 2.05) is 12.1 Å². The van der Waals surface area contributed by atoms with Crippen LogP contribution in [0.1, 0.15) is 29.7 Å². The molecule has 3 aromatic rings. The zero-order chi connectivity index (χ0) is 23.8. The van der Waals surface area contributed by atoms with Gasteiger partial charge in [0.05, 0.1) is 24.3 Å². The van der Waals surface area contributed by atoms with Gasteiger partial charge in [-0.1, -0.05) is 24.3 Å². The lowest BCUT2D eigenvalue weighted by Gasteiger charge is -2.19. The van der Waals surface area contributed by atoms with Crippen LogP contribution < -0.4 is 14.8 Å². The minimum atomic E-state index is -1.50. The number of methoxy groups -OCH3 is 1. The topological polar surface area (TPSA) is 80.6 Å². The minimum absolute atomic E-state index is 0.00954. The van der Waals surface area contributed by atoms with E-state index in [0.29, 0.717) is 22.6 Å². The fourth-order valence-electron chi connectivity index (χ4n) is 3.14. The molecule has 0 radical (unpaired) electrons. The molecule has 1 amide bonds. The highest BCUT2D eigenvalue weighted by Gasteiger charge is 2.28. The molecular weight excluding hydrogens is 430 g/mol. The SMILES string of the molecule is CCOC(C(=O)NCc1ccc(C#N)cc1Oc1ccccc1)c1c(F)cc(OC)cc1F. The van der Waals surface area contributed by atoms with E-state index in [9.17, 15) is 18.8 Å². The lowest BCUT2D eigenvalue weighted by Crippen LogP contribution is -2.31. The smallest absolute Gasteiger partial charge is 0.254 e. The first-order chi connectivity index (χ1) is 16.0. The van der Waals surface area contributed by atoms with Crippen LogP contribution in [0, 0.1) is 23.0 Å². The molecule has 0 aliphatic heterocycles. The number of halogens is 2. The predicted molar refractivity (Wildman–Crippen MR) is 117 cm³/mol. The Hall–Kier alpha value is -3.96. The van der Waals surface area contributed by atoms with Gasteiger partial charge in [-0.3, -0.25) is 4.79 Å². The highest BCUT2D eigenvalue weighted by Crippen LogP contribution is 2.29. The molecule has 0 fully saturated rings. The summed E-state index contributed by atoms with van der Waals surface area (Å²) in [5.74, 6) is -1.72. The van der Waals surface area contributed by atoms with Crippen molar-refractivity contribution in [2.75, 3.05) is 13.7 Å². The fraction of sp³-hybridized carbons (Fsp3) is 0.200. The molecule has 1 N–H and O–H groups in total. The van der Waals surface area contributed by atoms with Crippen molar-refractivity contribution < 1.29 is 27.8 Å². The molecule has 0 saturated heterocycles. The molecule has 0 heterocycles. The lowest BCUT2D eigenvalue weighted by molar-refractivity contribution is -0.133. The van der Waals surface area contributed by atoms with Gasteiger partial charge in [-0.2, -0.15) is 5.26 Å². The summed E-state index contributed by atoms with van der Waals surface area (Å²) in [7, 11) is 1.29. The second-order valence-electron chi connectivity index (χ2n) is 6.91. The number of amides is 1. The minimum Gasteiger partial charge on any atom is -0.497 e. The molecule has 0 aliphatic carbocycles. The number of rotatable bonds is 9. The summed E-state index contributed by atoms with van der Waals surface area (Å²) in [4.78, 5) is 12.9. The van der Waals surface area contributed by atoms with Crippen LogP contribution in [-0.2, 0) is 16.1 Å². The lowest BCUT2D eigenvalue weighted by atomic mass is 10.1. The maximum atomic E-state index is 14.6. The number of hydrogen-bond donors (Lipinski definition) is 1. The Morgan fingerprint density at radius 3 is 2.36 bits per heavy atom. The van der Waals surface area contributed by atoms with E-state index in [1.54, 1.807) is 49.4 Å². The molecule has 1 atom stereocenters. The Balaban J connectivity index is 1.83. The van der Waals surface area contributed by atoms with Gasteiger partial charge in [0.15, 0.2) is 6.10 Å². The van der Waals surface area contributed by atoms with Crippen LogP contribution >= 0.6 is 0 Å². The van der Waals surface area contributed by atoms with Crippen LogP contribution in [0.15, 0.2) is 60.7 Å². The number of carbonyl (C=O) groups excluding carboxylic acids is 1. The third-order valence-electron chi connectivity index (χ3n) is 4.74. The zero-order valence-electron chi connectivity index (χ0n) is 18.1. The van der Waals surface area contributed by atoms with Gasteiger partial charge in [-0.05, 0) is 31.2 Å². The van der Waals surface area contributed by atoms with Gasteiger partial charge >= 0.3 is 0 Å². The number of hydrogen-bond acceptors (Lipinski definition) is 5. The van der Waals surface area contributed by atoms with E-state index < -0.39 is 29.2 Å². The first-order valence-corrected chi connectivity index (χ1v) is 10.1. The highest BCUT2D eigenvalue weighted by molar-refractivity contribution is 5.82. The quantitative estimate of drug-likeness (QED) is 0.493. The van der Waals surface area contributed by atoms with Gasteiger partial charge in [-0.25, -0.2) is 8.78 Å². The van der Waals surface area contributed by atoms with Gasteiger partial charge in [-0.15, -0.1) is 0 Å². The molecule has 170 valence electrons. The van der Waals surface area contributed by atoms with Crippen molar-refractivity contribution in [1.82, 2.24) is 5.32 Å². The van der Waals surface area contributed by atoms with Crippen molar-refractivity contribution in [3.05, 3.63) is 89.0 Å². The Morgan fingerprint density at radius 2 is 1.76 bits per heavy atom. The zero-order valence-corrected chi connectivity index (χ0v) is 18.1. The summed E-state index contributed by atoms with van der Waals surface area (Å²) in [5, 5.41) is 11.9. The van der Waals surface area contributed by atoms with Crippen LogP contribution in [-0.4, -0.2) is 19.6 Å². The van der Waals surface area contributed by atoms with Crippen LogP contribution in [0.25, 0.3) is 0 Å². The summed E-state index contributed by atoms with van der Waals surface area (Å²) >= 11 is 0. The maximum absolute atomic E-state index is 14.6. The van der Waals surface area contributed by atoms with Crippen molar-refractivity contribution in [1.29, 1.82) is 5.26 Å². The van der Waals surface area contributed by atoms with E-state index in [1.165, 1.54) is 7.11 Å². The average Bonchev–Trinajstić information content (AvgIpc) is 2.82. The van der Waals surface area contributed by atoms with Crippen LogP contribution in [0.3, 0.4) is 0 Å². The Bertz CT molecular complexity index is 1140. The average molecular weight is 452 g/mol. The normalized spacial score (nSPS) is 11.4. The van der Waals surface area contributed by atoms with E-state index in [2.05, 4.69) is 5.32 Å². The third kappa shape index (κ3) is 5.84. The van der Waals surface area contributed by atoms with Crippen molar-refractivity contribution in [3.8, 4) is 23.3 Å². The molecule has 0 spiro atoms. The number of ether oxygens (including phenoxy) is 3. The number of nitriles is 1. The van der Waals surface area contributed by atoms with Crippen LogP contribution in [0.2, 0.25) is 0 Å². The molecular formula is C25H22F2N2O4. The Morgan fingerprint density at radius 1 is 1.06 bits per heavy atom. The molecule has 0 aromatic heterocycles. The van der Waals surface area contributed by atoms with E-state index in [0.717, 1.165) is 12.1 Å². The molecule has 0 aliphatic rings. The molecule has 1 unspecified atom stereocenters. The summed E-state index contributed by atoms with van der Waals surface area (Å²) < 4.78 is 45.2. The molecule has 0 bridgehead atoms.